The summed E-state index contributed by atoms with van der Waals surface area (Å²) in [4.78, 5) is 22.6. The quantitative estimate of drug-likeness (QED) is 0.683. The monoisotopic (exact) mass is 258 g/mol. The normalized spacial score (nSPS) is 14.7. The Labute approximate surface area is 109 Å². The maximum absolute atomic E-state index is 11.5. The van der Waals surface area contributed by atoms with Crippen molar-refractivity contribution >= 4 is 12.0 Å². The zero-order valence-corrected chi connectivity index (χ0v) is 12.0. The summed E-state index contributed by atoms with van der Waals surface area (Å²) in [6.45, 7) is 10.0. The maximum atomic E-state index is 11.5. The summed E-state index contributed by atoms with van der Waals surface area (Å²) in [5, 5.41) is 14.5. The van der Waals surface area contributed by atoms with Crippen LogP contribution in [0.3, 0.4) is 0 Å². The second-order valence-electron chi connectivity index (χ2n) is 5.96. The van der Waals surface area contributed by atoms with E-state index in [2.05, 4.69) is 10.6 Å². The van der Waals surface area contributed by atoms with E-state index in [1.165, 1.54) is 0 Å². The third-order valence-corrected chi connectivity index (χ3v) is 2.71. The zero-order valence-electron chi connectivity index (χ0n) is 12.0. The molecular weight excluding hydrogens is 232 g/mol. The molecule has 0 aliphatic heterocycles. The highest BCUT2D eigenvalue weighted by Gasteiger charge is 2.24. The van der Waals surface area contributed by atoms with E-state index >= 15 is 0 Å². The predicted octanol–water partition coefficient (Wildman–Crippen LogP) is 2.22. The lowest BCUT2D eigenvalue weighted by Crippen LogP contribution is -2.43. The van der Waals surface area contributed by atoms with E-state index in [-0.39, 0.29) is 24.0 Å². The number of aliphatic carboxylic acids is 1. The minimum atomic E-state index is -0.867. The van der Waals surface area contributed by atoms with Crippen LogP contribution in [0.1, 0.15) is 47.5 Å². The zero-order chi connectivity index (χ0) is 14.3. The number of hydrogen-bond donors (Lipinski definition) is 3. The van der Waals surface area contributed by atoms with Gasteiger partial charge in [-0.3, -0.25) is 4.79 Å². The van der Waals surface area contributed by atoms with Crippen LogP contribution in [-0.2, 0) is 4.79 Å². The second kappa shape index (κ2) is 7.24. The number of rotatable bonds is 6. The fourth-order valence-corrected chi connectivity index (χ4v) is 1.58. The summed E-state index contributed by atoms with van der Waals surface area (Å²) in [5.41, 5.74) is -0.0715. The molecule has 0 bridgehead atoms. The van der Waals surface area contributed by atoms with E-state index in [0.717, 1.165) is 6.42 Å². The molecule has 0 saturated carbocycles. The highest BCUT2D eigenvalue weighted by Crippen LogP contribution is 2.24. The van der Waals surface area contributed by atoms with Gasteiger partial charge in [-0.2, -0.15) is 0 Å². The Kier molecular flexibility index (Phi) is 6.73. The van der Waals surface area contributed by atoms with Crippen molar-refractivity contribution in [2.24, 2.45) is 11.3 Å². The van der Waals surface area contributed by atoms with Gasteiger partial charge >= 0.3 is 12.0 Å². The van der Waals surface area contributed by atoms with Gasteiger partial charge in [0.05, 0.1) is 5.92 Å². The topological polar surface area (TPSA) is 78.4 Å². The molecule has 0 aliphatic rings. The highest BCUT2D eigenvalue weighted by atomic mass is 16.4. The molecule has 18 heavy (non-hydrogen) atoms. The minimum absolute atomic E-state index is 0.0715. The lowest BCUT2D eigenvalue weighted by atomic mass is 9.84. The fourth-order valence-electron chi connectivity index (χ4n) is 1.58. The first-order chi connectivity index (χ1) is 8.15. The maximum Gasteiger partial charge on any atom is 0.315 e. The molecule has 0 heterocycles. The van der Waals surface area contributed by atoms with Crippen molar-refractivity contribution in [1.29, 1.82) is 0 Å². The van der Waals surface area contributed by atoms with Gasteiger partial charge in [0.2, 0.25) is 0 Å². The first kappa shape index (κ1) is 16.7. The third-order valence-electron chi connectivity index (χ3n) is 2.71. The largest absolute Gasteiger partial charge is 0.481 e. The minimum Gasteiger partial charge on any atom is -0.481 e. The van der Waals surface area contributed by atoms with E-state index in [0.29, 0.717) is 6.42 Å². The van der Waals surface area contributed by atoms with Crippen molar-refractivity contribution < 1.29 is 14.7 Å². The van der Waals surface area contributed by atoms with Crippen LogP contribution in [0, 0.1) is 11.3 Å². The van der Waals surface area contributed by atoms with Crippen molar-refractivity contribution in [3.8, 4) is 0 Å². The van der Waals surface area contributed by atoms with Gasteiger partial charge in [0.1, 0.15) is 0 Å². The Morgan fingerprint density at radius 3 is 2.22 bits per heavy atom. The number of urea groups is 1. The number of carboxylic acid groups (broad SMARTS) is 1. The van der Waals surface area contributed by atoms with E-state index in [1.807, 2.05) is 34.6 Å². The summed E-state index contributed by atoms with van der Waals surface area (Å²) in [6, 6.07) is -0.208. The average Bonchev–Trinajstić information content (AvgIpc) is 2.22. The highest BCUT2D eigenvalue weighted by molar-refractivity contribution is 5.76. The van der Waals surface area contributed by atoms with Crippen LogP contribution >= 0.6 is 0 Å². The first-order valence-corrected chi connectivity index (χ1v) is 6.43. The van der Waals surface area contributed by atoms with Gasteiger partial charge in [-0.05, 0) is 25.2 Å². The van der Waals surface area contributed by atoms with Gasteiger partial charge in [0.25, 0.3) is 0 Å². The Hall–Kier alpha value is -1.26. The third kappa shape index (κ3) is 7.92. The molecular formula is C13H26N2O3. The van der Waals surface area contributed by atoms with Crippen LogP contribution in [0.2, 0.25) is 0 Å². The van der Waals surface area contributed by atoms with Gasteiger partial charge in [-0.1, -0.05) is 27.7 Å². The van der Waals surface area contributed by atoms with Gasteiger partial charge in [0.15, 0.2) is 0 Å². The smallest absolute Gasteiger partial charge is 0.315 e. The van der Waals surface area contributed by atoms with Crippen molar-refractivity contribution in [3.05, 3.63) is 0 Å². The van der Waals surface area contributed by atoms with Crippen LogP contribution < -0.4 is 10.6 Å². The molecule has 2 unspecified atom stereocenters. The van der Waals surface area contributed by atoms with E-state index in [4.69, 9.17) is 5.11 Å². The van der Waals surface area contributed by atoms with Gasteiger partial charge in [0, 0.05) is 12.6 Å². The lowest BCUT2D eigenvalue weighted by molar-refractivity contribution is -0.142. The van der Waals surface area contributed by atoms with Crippen molar-refractivity contribution in [1.82, 2.24) is 10.6 Å². The van der Waals surface area contributed by atoms with Crippen molar-refractivity contribution in [2.75, 3.05) is 6.54 Å². The molecule has 0 aromatic carbocycles. The summed E-state index contributed by atoms with van der Waals surface area (Å²) in [5.74, 6) is -1.42. The summed E-state index contributed by atoms with van der Waals surface area (Å²) in [6.07, 6.45) is 1.38. The van der Waals surface area contributed by atoms with Crippen LogP contribution in [-0.4, -0.2) is 29.7 Å². The molecule has 0 fully saturated rings. The molecule has 0 aromatic heterocycles. The Bertz CT molecular complexity index is 284. The molecule has 0 aliphatic carbocycles. The SMILES string of the molecule is CCC(C)NC(=O)NCC(CC(C)(C)C)C(=O)O. The number of carbonyl (C=O) groups excluding carboxylic acids is 1. The average molecular weight is 258 g/mol. The van der Waals surface area contributed by atoms with Gasteiger partial charge in [-0.15, -0.1) is 0 Å². The van der Waals surface area contributed by atoms with Crippen LogP contribution in [0.4, 0.5) is 4.79 Å². The van der Waals surface area contributed by atoms with Crippen molar-refractivity contribution in [2.45, 2.75) is 53.5 Å². The van der Waals surface area contributed by atoms with Crippen LogP contribution in [0.5, 0.6) is 0 Å². The molecule has 106 valence electrons. The molecule has 5 nitrogen and oxygen atoms in total. The van der Waals surface area contributed by atoms with Crippen LogP contribution in [0.15, 0.2) is 0 Å². The second-order valence-corrected chi connectivity index (χ2v) is 5.96. The molecule has 2 amide bonds. The number of hydrogen-bond acceptors (Lipinski definition) is 2. The number of carbonyl (C=O) groups is 2. The fraction of sp³-hybridized carbons (Fsp3) is 0.846. The summed E-state index contributed by atoms with van der Waals surface area (Å²) >= 11 is 0. The lowest BCUT2D eigenvalue weighted by Gasteiger charge is -2.23. The van der Waals surface area contributed by atoms with Gasteiger partial charge < -0.3 is 15.7 Å². The number of nitrogens with one attached hydrogen (secondary N) is 2. The van der Waals surface area contributed by atoms with Crippen molar-refractivity contribution in [3.63, 3.8) is 0 Å². The van der Waals surface area contributed by atoms with E-state index < -0.39 is 11.9 Å². The molecule has 2 atom stereocenters. The standard InChI is InChI=1S/C13H26N2O3/c1-6-9(2)15-12(18)14-8-10(11(16)17)7-13(3,4)5/h9-10H,6-8H2,1-5H3,(H,16,17)(H2,14,15,18). The molecule has 3 N–H and O–H groups in total. The molecule has 5 heteroatoms. The first-order valence-electron chi connectivity index (χ1n) is 6.43. The summed E-state index contributed by atoms with van der Waals surface area (Å²) < 4.78 is 0. The summed E-state index contributed by atoms with van der Waals surface area (Å²) in [7, 11) is 0. The molecule has 0 aromatic rings. The molecule has 0 rings (SSSR count). The number of amides is 2. The molecule has 0 spiro atoms. The Balaban J connectivity index is 4.20. The van der Waals surface area contributed by atoms with E-state index in [9.17, 15) is 9.59 Å². The van der Waals surface area contributed by atoms with E-state index in [1.54, 1.807) is 0 Å². The Morgan fingerprint density at radius 1 is 1.28 bits per heavy atom. The molecule has 0 radical (unpaired) electrons. The van der Waals surface area contributed by atoms with Crippen LogP contribution in [0.25, 0.3) is 0 Å². The predicted molar refractivity (Wildman–Crippen MR) is 71.5 cm³/mol. The Morgan fingerprint density at radius 2 is 1.83 bits per heavy atom. The van der Waals surface area contributed by atoms with Gasteiger partial charge in [-0.25, -0.2) is 4.79 Å². The molecule has 0 saturated heterocycles. The number of carboxylic acids is 1.